The van der Waals surface area contributed by atoms with Crippen LogP contribution in [-0.4, -0.2) is 27.7 Å². The lowest BCUT2D eigenvalue weighted by Crippen LogP contribution is -2.37. The normalized spacial score (nSPS) is 16.9. The highest BCUT2D eigenvalue weighted by Crippen LogP contribution is 2.36. The number of aryl methyl sites for hydroxylation is 1. The van der Waals surface area contributed by atoms with E-state index in [1.807, 2.05) is 37.3 Å². The van der Waals surface area contributed by atoms with Gasteiger partial charge in [-0.15, -0.1) is 0 Å². The van der Waals surface area contributed by atoms with Crippen LogP contribution in [0.5, 0.6) is 0 Å². The predicted molar refractivity (Wildman–Crippen MR) is 107 cm³/mol. The molecule has 1 aromatic heterocycles. The number of anilines is 1. The molecule has 1 aliphatic heterocycles. The first-order chi connectivity index (χ1) is 13.5. The Morgan fingerprint density at radius 2 is 2.04 bits per heavy atom. The van der Waals surface area contributed by atoms with Gasteiger partial charge in [-0.05, 0) is 51.3 Å². The van der Waals surface area contributed by atoms with Crippen molar-refractivity contribution >= 4 is 11.4 Å². The molecule has 0 N–H and O–H groups in total. The molecule has 0 radical (unpaired) electrons. The van der Waals surface area contributed by atoms with E-state index in [1.54, 1.807) is 6.07 Å². The minimum atomic E-state index is -0.335. The summed E-state index contributed by atoms with van der Waals surface area (Å²) in [4.78, 5) is 18.0. The van der Waals surface area contributed by atoms with E-state index in [-0.39, 0.29) is 22.5 Å². The first-order valence-corrected chi connectivity index (χ1v) is 9.49. The fraction of sp³-hybridized carbons (Fsp3) is 0.333. The lowest BCUT2D eigenvalue weighted by molar-refractivity contribution is -0.384. The summed E-state index contributed by atoms with van der Waals surface area (Å²) in [7, 11) is 0. The van der Waals surface area contributed by atoms with Crippen LogP contribution >= 0.6 is 0 Å². The van der Waals surface area contributed by atoms with E-state index in [1.165, 1.54) is 6.07 Å². The third kappa shape index (κ3) is 3.47. The Bertz CT molecular complexity index is 1010. The van der Waals surface area contributed by atoms with Gasteiger partial charge in [0.2, 0.25) is 5.82 Å². The molecule has 0 unspecified atom stereocenters. The molecule has 0 aliphatic carbocycles. The molecule has 2 heterocycles. The average molecular weight is 378 g/mol. The SMILES string of the molecule is Cc1cccc(-c2noc(-c3ccc(N4CCCC[C@H]4C)c([N+](=O)[O-])c3)n2)c1. The third-order valence-corrected chi connectivity index (χ3v) is 5.23. The summed E-state index contributed by atoms with van der Waals surface area (Å²) in [5.74, 6) is 0.743. The van der Waals surface area contributed by atoms with Gasteiger partial charge in [0, 0.05) is 29.8 Å². The highest BCUT2D eigenvalue weighted by molar-refractivity contribution is 5.72. The molecule has 1 fully saturated rings. The second kappa shape index (κ2) is 7.42. The fourth-order valence-electron chi connectivity index (χ4n) is 3.74. The molecule has 3 aromatic rings. The Balaban J connectivity index is 1.69. The van der Waals surface area contributed by atoms with Gasteiger partial charge in [0.15, 0.2) is 0 Å². The molecular weight excluding hydrogens is 356 g/mol. The predicted octanol–water partition coefficient (Wildman–Crippen LogP) is 5.00. The van der Waals surface area contributed by atoms with Gasteiger partial charge in [-0.25, -0.2) is 0 Å². The minimum Gasteiger partial charge on any atom is -0.363 e. The number of piperidine rings is 1. The van der Waals surface area contributed by atoms with E-state index in [0.29, 0.717) is 17.1 Å². The van der Waals surface area contributed by atoms with Gasteiger partial charge in [0.05, 0.1) is 4.92 Å². The van der Waals surface area contributed by atoms with Crippen LogP contribution in [0.4, 0.5) is 11.4 Å². The molecule has 0 spiro atoms. The summed E-state index contributed by atoms with van der Waals surface area (Å²) in [6.07, 6.45) is 3.25. The number of hydrogen-bond donors (Lipinski definition) is 0. The van der Waals surface area contributed by atoms with Gasteiger partial charge in [-0.3, -0.25) is 10.1 Å². The Labute approximate surface area is 163 Å². The third-order valence-electron chi connectivity index (χ3n) is 5.23. The molecule has 28 heavy (non-hydrogen) atoms. The molecule has 7 nitrogen and oxygen atoms in total. The van der Waals surface area contributed by atoms with Crippen LogP contribution in [0, 0.1) is 17.0 Å². The summed E-state index contributed by atoms with van der Waals surface area (Å²) < 4.78 is 5.39. The molecule has 7 heteroatoms. The first kappa shape index (κ1) is 18.2. The zero-order valence-corrected chi connectivity index (χ0v) is 16.0. The van der Waals surface area contributed by atoms with E-state index in [4.69, 9.17) is 4.52 Å². The standard InChI is InChI=1S/C21H22N4O3/c1-14-6-5-8-16(12-14)20-22-21(28-23-20)17-9-10-18(19(13-17)25(26)27)24-11-4-3-7-15(24)2/h5-6,8-10,12-13,15H,3-4,7,11H2,1-2H3/t15-/m1/s1. The summed E-state index contributed by atoms with van der Waals surface area (Å²) in [6, 6.07) is 13.2. The van der Waals surface area contributed by atoms with Crippen molar-refractivity contribution in [3.63, 3.8) is 0 Å². The molecule has 1 aliphatic rings. The highest BCUT2D eigenvalue weighted by Gasteiger charge is 2.26. The first-order valence-electron chi connectivity index (χ1n) is 9.49. The number of nitro benzene ring substituents is 1. The van der Waals surface area contributed by atoms with Crippen LogP contribution in [0.15, 0.2) is 47.0 Å². The Morgan fingerprint density at radius 1 is 1.18 bits per heavy atom. The van der Waals surface area contributed by atoms with E-state index in [0.717, 1.165) is 36.9 Å². The van der Waals surface area contributed by atoms with Gasteiger partial charge >= 0.3 is 0 Å². The number of nitro groups is 1. The van der Waals surface area contributed by atoms with Crippen LogP contribution in [0.3, 0.4) is 0 Å². The minimum absolute atomic E-state index is 0.0709. The van der Waals surface area contributed by atoms with Crippen molar-refractivity contribution in [1.29, 1.82) is 0 Å². The van der Waals surface area contributed by atoms with E-state index < -0.39 is 0 Å². The highest BCUT2D eigenvalue weighted by atomic mass is 16.6. The lowest BCUT2D eigenvalue weighted by Gasteiger charge is -2.35. The van der Waals surface area contributed by atoms with Crippen molar-refractivity contribution < 1.29 is 9.45 Å². The molecule has 1 atom stereocenters. The largest absolute Gasteiger partial charge is 0.363 e. The van der Waals surface area contributed by atoms with Crippen LogP contribution in [0.25, 0.3) is 22.8 Å². The number of rotatable bonds is 4. The molecule has 1 saturated heterocycles. The molecule has 0 bridgehead atoms. The summed E-state index contributed by atoms with van der Waals surface area (Å²) in [5.41, 5.74) is 3.22. The van der Waals surface area contributed by atoms with Crippen LogP contribution in [0.1, 0.15) is 31.7 Å². The molecule has 4 rings (SSSR count). The summed E-state index contributed by atoms with van der Waals surface area (Å²) in [5, 5.41) is 15.8. The second-order valence-electron chi connectivity index (χ2n) is 7.29. The zero-order chi connectivity index (χ0) is 19.7. The van der Waals surface area contributed by atoms with E-state index >= 15 is 0 Å². The number of aromatic nitrogens is 2. The average Bonchev–Trinajstić information content (AvgIpc) is 3.18. The smallest absolute Gasteiger partial charge is 0.293 e. The maximum Gasteiger partial charge on any atom is 0.293 e. The van der Waals surface area contributed by atoms with E-state index in [9.17, 15) is 10.1 Å². The monoisotopic (exact) mass is 378 g/mol. The Kier molecular flexibility index (Phi) is 4.81. The van der Waals surface area contributed by atoms with Crippen molar-refractivity contribution in [3.05, 3.63) is 58.1 Å². The van der Waals surface area contributed by atoms with Crippen molar-refractivity contribution in [3.8, 4) is 22.8 Å². The second-order valence-corrected chi connectivity index (χ2v) is 7.29. The van der Waals surface area contributed by atoms with Crippen molar-refractivity contribution in [2.45, 2.75) is 39.2 Å². The zero-order valence-electron chi connectivity index (χ0n) is 16.0. The summed E-state index contributed by atoms with van der Waals surface area (Å²) >= 11 is 0. The van der Waals surface area contributed by atoms with Crippen LogP contribution < -0.4 is 4.90 Å². The molecule has 0 saturated carbocycles. The molecular formula is C21H22N4O3. The van der Waals surface area contributed by atoms with Crippen molar-refractivity contribution in [2.24, 2.45) is 0 Å². The fourth-order valence-corrected chi connectivity index (χ4v) is 3.74. The number of benzene rings is 2. The Hall–Kier alpha value is -3.22. The lowest BCUT2D eigenvalue weighted by atomic mass is 10.0. The van der Waals surface area contributed by atoms with Crippen molar-refractivity contribution in [2.75, 3.05) is 11.4 Å². The maximum atomic E-state index is 11.7. The van der Waals surface area contributed by atoms with Gasteiger partial charge < -0.3 is 9.42 Å². The number of nitrogens with zero attached hydrogens (tertiary/aromatic N) is 4. The maximum absolute atomic E-state index is 11.7. The van der Waals surface area contributed by atoms with Gasteiger partial charge in [0.1, 0.15) is 5.69 Å². The molecule has 0 amide bonds. The van der Waals surface area contributed by atoms with Gasteiger partial charge in [0.25, 0.3) is 11.6 Å². The van der Waals surface area contributed by atoms with Crippen LogP contribution in [-0.2, 0) is 0 Å². The quantitative estimate of drug-likeness (QED) is 0.469. The number of hydrogen-bond acceptors (Lipinski definition) is 6. The molecule has 144 valence electrons. The topological polar surface area (TPSA) is 85.3 Å². The van der Waals surface area contributed by atoms with Gasteiger partial charge in [-0.1, -0.05) is 28.9 Å². The van der Waals surface area contributed by atoms with Crippen molar-refractivity contribution in [1.82, 2.24) is 10.1 Å². The summed E-state index contributed by atoms with van der Waals surface area (Å²) in [6.45, 7) is 4.94. The van der Waals surface area contributed by atoms with E-state index in [2.05, 4.69) is 22.0 Å². The van der Waals surface area contributed by atoms with Crippen LogP contribution in [0.2, 0.25) is 0 Å². The molecule has 2 aromatic carbocycles. The van der Waals surface area contributed by atoms with Gasteiger partial charge in [-0.2, -0.15) is 4.98 Å². The Morgan fingerprint density at radius 3 is 2.79 bits per heavy atom.